The number of amides is 1. The summed E-state index contributed by atoms with van der Waals surface area (Å²) in [5, 5.41) is 10.2. The van der Waals surface area contributed by atoms with E-state index in [1.54, 1.807) is 0 Å². The molecule has 1 aliphatic heterocycles. The summed E-state index contributed by atoms with van der Waals surface area (Å²) in [6.07, 6.45) is -6.99. The Kier molecular flexibility index (Phi) is 2.43. The third kappa shape index (κ3) is 2.15. The van der Waals surface area contributed by atoms with E-state index in [0.717, 1.165) is 0 Å². The minimum absolute atomic E-state index is 0.248. The number of carbonyl (C=O) groups excluding carboxylic acids is 1. The lowest BCUT2D eigenvalue weighted by Gasteiger charge is -2.17. The van der Waals surface area contributed by atoms with Gasteiger partial charge < -0.3 is 10.4 Å². The zero-order valence-corrected chi connectivity index (χ0v) is 6.86. The number of alkyl halides is 4. The number of carbonyl (C=O) groups is 1. The highest BCUT2D eigenvalue weighted by atomic mass is 19.4. The van der Waals surface area contributed by atoms with Gasteiger partial charge in [0.1, 0.15) is 0 Å². The molecule has 1 atom stereocenters. The zero-order valence-electron chi connectivity index (χ0n) is 6.86. The molecule has 80 valence electrons. The van der Waals surface area contributed by atoms with Gasteiger partial charge in [0.2, 0.25) is 5.67 Å². The van der Waals surface area contributed by atoms with E-state index in [2.05, 4.69) is 0 Å². The topological polar surface area (TPSA) is 49.3 Å². The molecule has 0 spiro atoms. The number of aliphatic hydroxyl groups is 1. The minimum atomic E-state index is -4.75. The molecule has 0 aromatic rings. The zero-order chi connectivity index (χ0) is 11.0. The Balaban J connectivity index is 2.81. The van der Waals surface area contributed by atoms with Crippen LogP contribution in [0.5, 0.6) is 0 Å². The van der Waals surface area contributed by atoms with E-state index in [9.17, 15) is 22.4 Å². The molecule has 0 aromatic heterocycles. The second-order valence-electron chi connectivity index (χ2n) is 3.04. The van der Waals surface area contributed by atoms with Gasteiger partial charge in [0, 0.05) is 6.42 Å². The fraction of sp³-hybridized carbons (Fsp3) is 0.571. The maximum absolute atomic E-state index is 13.4. The summed E-state index contributed by atoms with van der Waals surface area (Å²) in [6.45, 7) is 0. The molecule has 0 aliphatic carbocycles. The second kappa shape index (κ2) is 3.14. The summed E-state index contributed by atoms with van der Waals surface area (Å²) >= 11 is 0. The van der Waals surface area contributed by atoms with Crippen LogP contribution in [0.4, 0.5) is 17.6 Å². The molecule has 1 rings (SSSR count). The van der Waals surface area contributed by atoms with Crippen molar-refractivity contribution in [1.29, 1.82) is 0 Å². The molecule has 2 N–H and O–H groups in total. The van der Waals surface area contributed by atoms with Crippen molar-refractivity contribution in [1.82, 2.24) is 5.32 Å². The SMILES string of the molecule is O=C1N/C(=C\O)CC1(F)CC(F)(F)F. The number of allylic oxidation sites excluding steroid dienone is 1. The van der Waals surface area contributed by atoms with E-state index >= 15 is 0 Å². The average Bonchev–Trinajstić information content (AvgIpc) is 2.24. The first kappa shape index (κ1) is 10.8. The van der Waals surface area contributed by atoms with E-state index in [1.807, 2.05) is 5.32 Å². The molecular formula is C7H7F4NO2. The van der Waals surface area contributed by atoms with Crippen molar-refractivity contribution in [3.63, 3.8) is 0 Å². The Bertz CT molecular complexity index is 286. The van der Waals surface area contributed by atoms with E-state index < -0.39 is 30.6 Å². The number of rotatable bonds is 1. The van der Waals surface area contributed by atoms with Gasteiger partial charge in [-0.3, -0.25) is 4.79 Å². The molecule has 1 heterocycles. The van der Waals surface area contributed by atoms with Gasteiger partial charge in [0.25, 0.3) is 5.91 Å². The lowest BCUT2D eigenvalue weighted by Crippen LogP contribution is -2.37. The molecule has 0 bridgehead atoms. The summed E-state index contributed by atoms with van der Waals surface area (Å²) in [7, 11) is 0. The summed E-state index contributed by atoms with van der Waals surface area (Å²) < 4.78 is 48.9. The minimum Gasteiger partial charge on any atom is -0.514 e. The molecule has 0 aromatic carbocycles. The van der Waals surface area contributed by atoms with Crippen LogP contribution in [0.2, 0.25) is 0 Å². The van der Waals surface area contributed by atoms with E-state index in [0.29, 0.717) is 6.26 Å². The summed E-state index contributed by atoms with van der Waals surface area (Å²) in [4.78, 5) is 10.8. The fourth-order valence-corrected chi connectivity index (χ4v) is 1.22. The predicted octanol–water partition coefficient (Wildman–Crippen LogP) is 1.57. The third-order valence-electron chi connectivity index (χ3n) is 1.79. The van der Waals surface area contributed by atoms with Crippen LogP contribution in [0.15, 0.2) is 12.0 Å². The van der Waals surface area contributed by atoms with Crippen LogP contribution in [-0.2, 0) is 4.79 Å². The van der Waals surface area contributed by atoms with Gasteiger partial charge in [0.15, 0.2) is 0 Å². The van der Waals surface area contributed by atoms with Crippen LogP contribution in [0.25, 0.3) is 0 Å². The van der Waals surface area contributed by atoms with Crippen molar-refractivity contribution in [2.24, 2.45) is 0 Å². The Morgan fingerprint density at radius 2 is 2.14 bits per heavy atom. The van der Waals surface area contributed by atoms with Crippen molar-refractivity contribution in [3.8, 4) is 0 Å². The maximum Gasteiger partial charge on any atom is 0.392 e. The van der Waals surface area contributed by atoms with Gasteiger partial charge in [-0.15, -0.1) is 0 Å². The Labute approximate surface area is 76.4 Å². The molecule has 7 heteroatoms. The molecule has 1 aliphatic rings. The first-order valence-corrected chi connectivity index (χ1v) is 3.67. The standard InChI is InChI=1S/C7H7F4NO2/c8-6(3-7(9,10)11)1-4(2-13)12-5(6)14/h2,13H,1,3H2,(H,12,14)/b4-2-. The highest BCUT2D eigenvalue weighted by Crippen LogP contribution is 2.37. The van der Waals surface area contributed by atoms with Crippen LogP contribution in [0, 0.1) is 0 Å². The van der Waals surface area contributed by atoms with Crippen LogP contribution in [0.3, 0.4) is 0 Å². The van der Waals surface area contributed by atoms with Gasteiger partial charge in [0.05, 0.1) is 18.4 Å². The number of nitrogens with one attached hydrogen (secondary N) is 1. The first-order chi connectivity index (χ1) is 6.27. The van der Waals surface area contributed by atoms with E-state index in [-0.39, 0.29) is 5.70 Å². The van der Waals surface area contributed by atoms with Crippen LogP contribution in [0.1, 0.15) is 12.8 Å². The number of hydrogen-bond donors (Lipinski definition) is 2. The highest BCUT2D eigenvalue weighted by molar-refractivity contribution is 5.89. The molecular weight excluding hydrogens is 206 g/mol. The number of halogens is 4. The van der Waals surface area contributed by atoms with Crippen LogP contribution < -0.4 is 5.32 Å². The van der Waals surface area contributed by atoms with Gasteiger partial charge in [-0.1, -0.05) is 0 Å². The Morgan fingerprint density at radius 3 is 2.50 bits per heavy atom. The molecule has 1 saturated heterocycles. The van der Waals surface area contributed by atoms with Crippen molar-refractivity contribution in [3.05, 3.63) is 12.0 Å². The maximum atomic E-state index is 13.4. The smallest absolute Gasteiger partial charge is 0.392 e. The fourth-order valence-electron chi connectivity index (χ4n) is 1.22. The first-order valence-electron chi connectivity index (χ1n) is 3.67. The molecule has 0 saturated carbocycles. The summed E-state index contributed by atoms with van der Waals surface area (Å²) in [5.74, 6) is -1.37. The van der Waals surface area contributed by atoms with Crippen molar-refractivity contribution in [2.45, 2.75) is 24.7 Å². The van der Waals surface area contributed by atoms with Gasteiger partial charge in [-0.2, -0.15) is 13.2 Å². The molecule has 14 heavy (non-hydrogen) atoms. The van der Waals surface area contributed by atoms with Crippen molar-refractivity contribution < 1.29 is 27.5 Å². The number of aliphatic hydroxyl groups excluding tert-OH is 1. The summed E-state index contributed by atoms with van der Waals surface area (Å²) in [6, 6.07) is 0. The normalized spacial score (nSPS) is 30.9. The number of hydrogen-bond acceptors (Lipinski definition) is 2. The van der Waals surface area contributed by atoms with Gasteiger partial charge in [-0.05, 0) is 0 Å². The molecule has 1 amide bonds. The summed E-state index contributed by atoms with van der Waals surface area (Å²) in [5.41, 5.74) is -3.24. The molecule has 0 radical (unpaired) electrons. The predicted molar refractivity (Wildman–Crippen MR) is 38.0 cm³/mol. The van der Waals surface area contributed by atoms with Crippen molar-refractivity contribution >= 4 is 5.91 Å². The molecule has 3 nitrogen and oxygen atoms in total. The Morgan fingerprint density at radius 1 is 1.57 bits per heavy atom. The highest BCUT2D eigenvalue weighted by Gasteiger charge is 2.52. The molecule has 1 unspecified atom stereocenters. The van der Waals surface area contributed by atoms with E-state index in [4.69, 9.17) is 5.11 Å². The quantitative estimate of drug-likeness (QED) is 0.513. The van der Waals surface area contributed by atoms with Crippen molar-refractivity contribution in [2.75, 3.05) is 0 Å². The monoisotopic (exact) mass is 213 g/mol. The van der Waals surface area contributed by atoms with Gasteiger partial charge >= 0.3 is 6.18 Å². The second-order valence-corrected chi connectivity index (χ2v) is 3.04. The third-order valence-corrected chi connectivity index (χ3v) is 1.79. The van der Waals surface area contributed by atoms with Crippen LogP contribution in [-0.4, -0.2) is 22.9 Å². The molecule has 1 fully saturated rings. The largest absolute Gasteiger partial charge is 0.514 e. The van der Waals surface area contributed by atoms with E-state index in [1.165, 1.54) is 0 Å². The lowest BCUT2D eigenvalue weighted by molar-refractivity contribution is -0.168. The lowest BCUT2D eigenvalue weighted by atomic mass is 9.99. The average molecular weight is 213 g/mol. The Hall–Kier alpha value is -1.27. The van der Waals surface area contributed by atoms with Crippen LogP contribution >= 0.6 is 0 Å². The van der Waals surface area contributed by atoms with Gasteiger partial charge in [-0.25, -0.2) is 4.39 Å².